The number of carbonyl (C=O) groups is 1. The topological polar surface area (TPSA) is 63.2 Å². The Morgan fingerprint density at radius 2 is 2.00 bits per heavy atom. The van der Waals surface area contributed by atoms with E-state index < -0.39 is 21.5 Å². The minimum Gasteiger partial charge on any atom is -0.349 e. The van der Waals surface area contributed by atoms with Gasteiger partial charge in [-0.3, -0.25) is 4.79 Å². The summed E-state index contributed by atoms with van der Waals surface area (Å²) in [6.07, 6.45) is 1.28. The average Bonchev–Trinajstić information content (AvgIpc) is 2.28. The maximum Gasteiger partial charge on any atom is 0.235 e. The van der Waals surface area contributed by atoms with E-state index >= 15 is 0 Å². The lowest BCUT2D eigenvalue weighted by Crippen LogP contribution is -2.32. The average molecular weight is 267 g/mol. The zero-order valence-corrected chi connectivity index (χ0v) is 11.1. The summed E-state index contributed by atoms with van der Waals surface area (Å²) in [5, 5.41) is 2.66. The number of sulfone groups is 1. The fraction of sp³-hybridized carbons (Fsp3) is 0.308. The van der Waals surface area contributed by atoms with Crippen LogP contribution in [0.25, 0.3) is 0 Å². The number of amides is 1. The van der Waals surface area contributed by atoms with E-state index in [1.807, 2.05) is 37.3 Å². The van der Waals surface area contributed by atoms with Crippen LogP contribution in [0.4, 0.5) is 0 Å². The number of rotatable bonds is 6. The van der Waals surface area contributed by atoms with E-state index in [2.05, 4.69) is 11.9 Å². The van der Waals surface area contributed by atoms with Gasteiger partial charge in [-0.15, -0.1) is 6.58 Å². The molecule has 98 valence electrons. The summed E-state index contributed by atoms with van der Waals surface area (Å²) >= 11 is 0. The molecule has 1 aromatic carbocycles. The van der Waals surface area contributed by atoms with Gasteiger partial charge in [0.25, 0.3) is 0 Å². The van der Waals surface area contributed by atoms with Gasteiger partial charge in [0.15, 0.2) is 9.84 Å². The van der Waals surface area contributed by atoms with Crippen LogP contribution in [0.2, 0.25) is 0 Å². The molecule has 0 aliphatic carbocycles. The van der Waals surface area contributed by atoms with Crippen LogP contribution in [-0.2, 0) is 14.6 Å². The van der Waals surface area contributed by atoms with Crippen molar-refractivity contribution in [2.24, 2.45) is 0 Å². The van der Waals surface area contributed by atoms with E-state index in [4.69, 9.17) is 0 Å². The maximum atomic E-state index is 11.6. The van der Waals surface area contributed by atoms with Gasteiger partial charge in [0.1, 0.15) is 5.75 Å². The second-order valence-electron chi connectivity index (χ2n) is 4.04. The fourth-order valence-corrected chi connectivity index (χ4v) is 2.51. The van der Waals surface area contributed by atoms with Crippen molar-refractivity contribution in [2.75, 3.05) is 11.5 Å². The second-order valence-corrected chi connectivity index (χ2v) is 6.15. The number of hydrogen-bond acceptors (Lipinski definition) is 3. The quantitative estimate of drug-likeness (QED) is 0.794. The maximum absolute atomic E-state index is 11.6. The van der Waals surface area contributed by atoms with E-state index in [1.165, 1.54) is 6.08 Å². The van der Waals surface area contributed by atoms with Gasteiger partial charge in [0, 0.05) is 0 Å². The Kier molecular flexibility index (Phi) is 5.09. The zero-order chi connectivity index (χ0) is 13.6. The third kappa shape index (κ3) is 4.71. The molecule has 0 aromatic heterocycles. The molecule has 1 unspecified atom stereocenters. The number of benzene rings is 1. The molecule has 0 bridgehead atoms. The van der Waals surface area contributed by atoms with Gasteiger partial charge in [-0.2, -0.15) is 0 Å². The molecule has 1 atom stereocenters. The van der Waals surface area contributed by atoms with Crippen LogP contribution in [0.5, 0.6) is 0 Å². The molecule has 18 heavy (non-hydrogen) atoms. The van der Waals surface area contributed by atoms with Gasteiger partial charge < -0.3 is 5.32 Å². The van der Waals surface area contributed by atoms with Crippen molar-refractivity contribution in [1.82, 2.24) is 5.32 Å². The molecule has 0 heterocycles. The molecule has 0 aliphatic rings. The summed E-state index contributed by atoms with van der Waals surface area (Å²) in [5.74, 6) is -1.18. The lowest BCUT2D eigenvalue weighted by Gasteiger charge is -2.14. The van der Waals surface area contributed by atoms with Gasteiger partial charge in [0.05, 0.1) is 11.8 Å². The van der Waals surface area contributed by atoms with Crippen LogP contribution in [0.1, 0.15) is 18.5 Å². The molecule has 0 fully saturated rings. The Labute approximate surface area is 108 Å². The summed E-state index contributed by atoms with van der Waals surface area (Å²) in [6, 6.07) is 9.16. The fourth-order valence-electron chi connectivity index (χ4n) is 1.55. The van der Waals surface area contributed by atoms with Gasteiger partial charge in [-0.1, -0.05) is 36.4 Å². The summed E-state index contributed by atoms with van der Waals surface area (Å²) in [4.78, 5) is 11.6. The minimum atomic E-state index is -3.39. The van der Waals surface area contributed by atoms with Crippen LogP contribution in [-0.4, -0.2) is 25.8 Å². The summed E-state index contributed by atoms with van der Waals surface area (Å²) in [7, 11) is -3.39. The third-order valence-corrected chi connectivity index (χ3v) is 3.85. The predicted molar refractivity (Wildman–Crippen MR) is 71.9 cm³/mol. The second kappa shape index (κ2) is 6.35. The van der Waals surface area contributed by atoms with E-state index in [0.717, 1.165) is 5.56 Å². The van der Waals surface area contributed by atoms with Gasteiger partial charge in [0.2, 0.25) is 5.91 Å². The first-order chi connectivity index (χ1) is 8.44. The standard InChI is InChI=1S/C13H17NO3S/c1-3-9-18(16,17)10-13(15)14-11(2)12-7-5-4-6-8-12/h3-8,11H,1,9-10H2,2H3,(H,14,15). The summed E-state index contributed by atoms with van der Waals surface area (Å²) < 4.78 is 22.9. The van der Waals surface area contributed by atoms with Crippen molar-refractivity contribution in [2.45, 2.75) is 13.0 Å². The van der Waals surface area contributed by atoms with Gasteiger partial charge in [-0.05, 0) is 12.5 Å². The molecule has 0 radical (unpaired) electrons. The van der Waals surface area contributed by atoms with Crippen molar-refractivity contribution in [3.63, 3.8) is 0 Å². The number of nitrogens with one attached hydrogen (secondary N) is 1. The first-order valence-corrected chi connectivity index (χ1v) is 7.42. The van der Waals surface area contributed by atoms with E-state index in [1.54, 1.807) is 0 Å². The van der Waals surface area contributed by atoms with Crippen LogP contribution in [0.15, 0.2) is 43.0 Å². The van der Waals surface area contributed by atoms with Crippen molar-refractivity contribution < 1.29 is 13.2 Å². The van der Waals surface area contributed by atoms with E-state index in [-0.39, 0.29) is 11.8 Å². The molecule has 0 spiro atoms. The Hall–Kier alpha value is -1.62. The van der Waals surface area contributed by atoms with Crippen molar-refractivity contribution in [3.8, 4) is 0 Å². The van der Waals surface area contributed by atoms with Crippen LogP contribution in [0.3, 0.4) is 0 Å². The third-order valence-electron chi connectivity index (χ3n) is 2.40. The monoisotopic (exact) mass is 267 g/mol. The van der Waals surface area contributed by atoms with Crippen molar-refractivity contribution >= 4 is 15.7 Å². The number of carbonyl (C=O) groups excluding carboxylic acids is 1. The highest BCUT2D eigenvalue weighted by molar-refractivity contribution is 7.92. The predicted octanol–water partition coefficient (Wildman–Crippen LogP) is 1.46. The minimum absolute atomic E-state index is 0.180. The molecule has 1 rings (SSSR count). The molecular formula is C13H17NO3S. The van der Waals surface area contributed by atoms with E-state index in [9.17, 15) is 13.2 Å². The highest BCUT2D eigenvalue weighted by atomic mass is 32.2. The van der Waals surface area contributed by atoms with Crippen LogP contribution >= 0.6 is 0 Å². The van der Waals surface area contributed by atoms with Gasteiger partial charge >= 0.3 is 0 Å². The summed E-state index contributed by atoms with van der Waals surface area (Å²) in [6.45, 7) is 5.16. The molecular weight excluding hydrogens is 250 g/mol. The van der Waals surface area contributed by atoms with Crippen molar-refractivity contribution in [3.05, 3.63) is 48.6 Å². The van der Waals surface area contributed by atoms with Gasteiger partial charge in [-0.25, -0.2) is 8.42 Å². The molecule has 4 nitrogen and oxygen atoms in total. The normalized spacial score (nSPS) is 12.7. The Morgan fingerprint density at radius 3 is 2.56 bits per heavy atom. The van der Waals surface area contributed by atoms with Crippen LogP contribution < -0.4 is 5.32 Å². The summed E-state index contributed by atoms with van der Waals surface area (Å²) in [5.41, 5.74) is 0.937. The highest BCUT2D eigenvalue weighted by Crippen LogP contribution is 2.10. The Balaban J connectivity index is 2.58. The Morgan fingerprint density at radius 1 is 1.39 bits per heavy atom. The van der Waals surface area contributed by atoms with Crippen molar-refractivity contribution in [1.29, 1.82) is 0 Å². The lowest BCUT2D eigenvalue weighted by atomic mass is 10.1. The smallest absolute Gasteiger partial charge is 0.235 e. The first kappa shape index (κ1) is 14.4. The lowest BCUT2D eigenvalue weighted by molar-refractivity contribution is -0.119. The molecule has 0 saturated carbocycles. The van der Waals surface area contributed by atoms with E-state index in [0.29, 0.717) is 0 Å². The SMILES string of the molecule is C=CCS(=O)(=O)CC(=O)NC(C)c1ccccc1. The van der Waals surface area contributed by atoms with Crippen LogP contribution in [0, 0.1) is 0 Å². The first-order valence-electron chi connectivity index (χ1n) is 5.60. The largest absolute Gasteiger partial charge is 0.349 e. The molecule has 5 heteroatoms. The number of hydrogen-bond donors (Lipinski definition) is 1. The molecule has 1 aromatic rings. The molecule has 0 aliphatic heterocycles. The Bertz CT molecular complexity index is 508. The molecule has 1 N–H and O–H groups in total. The highest BCUT2D eigenvalue weighted by Gasteiger charge is 2.17. The molecule has 1 amide bonds. The zero-order valence-electron chi connectivity index (χ0n) is 10.3. The molecule has 0 saturated heterocycles.